The number of carbonyl (C=O) groups excluding carboxylic acids is 2. The molecule has 0 saturated carbocycles. The van der Waals surface area contributed by atoms with Gasteiger partial charge in [0.2, 0.25) is 11.8 Å². The molecule has 0 unspecified atom stereocenters. The molecule has 0 radical (unpaired) electrons. The molecule has 0 bridgehead atoms. The lowest BCUT2D eigenvalue weighted by Gasteiger charge is -2.32. The molecular weight excluding hydrogens is 625 g/mol. The van der Waals surface area contributed by atoms with Gasteiger partial charge in [0.1, 0.15) is 12.6 Å². The number of nitrogens with zero attached hydrogens (tertiary/aromatic N) is 2. The fourth-order valence-electron chi connectivity index (χ4n) is 3.73. The molecule has 0 aliphatic heterocycles. The quantitative estimate of drug-likeness (QED) is 0.269. The maximum absolute atomic E-state index is 13.9. The van der Waals surface area contributed by atoms with Gasteiger partial charge in [0.25, 0.3) is 10.0 Å². The molecule has 0 saturated heterocycles. The van der Waals surface area contributed by atoms with Crippen LogP contribution in [0.4, 0.5) is 5.69 Å². The Morgan fingerprint density at radius 1 is 0.923 bits per heavy atom. The van der Waals surface area contributed by atoms with Gasteiger partial charge in [0.05, 0.1) is 20.6 Å². The summed E-state index contributed by atoms with van der Waals surface area (Å²) in [6.45, 7) is 5.47. The van der Waals surface area contributed by atoms with Crippen LogP contribution in [0.3, 0.4) is 0 Å². The number of carbonyl (C=O) groups is 2. The van der Waals surface area contributed by atoms with Gasteiger partial charge in [0.15, 0.2) is 0 Å². The largest absolute Gasteiger partial charge is 0.354 e. The van der Waals surface area contributed by atoms with Crippen molar-refractivity contribution in [3.8, 4) is 0 Å². The Bertz CT molecular complexity index is 1400. The second-order valence-corrected chi connectivity index (χ2v) is 13.0. The zero-order valence-corrected chi connectivity index (χ0v) is 25.7. The van der Waals surface area contributed by atoms with Crippen LogP contribution in [0.5, 0.6) is 0 Å². The third-order valence-corrected chi connectivity index (χ3v) is 8.97. The summed E-state index contributed by atoms with van der Waals surface area (Å²) < 4.78 is 29.3. The molecule has 3 rings (SSSR count). The molecule has 39 heavy (non-hydrogen) atoms. The summed E-state index contributed by atoms with van der Waals surface area (Å²) in [5.74, 6) is -0.696. The van der Waals surface area contributed by atoms with Gasteiger partial charge in [-0.1, -0.05) is 77.2 Å². The SMILES string of the molecule is CC(C)CNC(=O)[C@@H](C)N(Cc1ccc(Cl)c(Cl)c1)C(=O)CN(c1ccc(Br)cc1)S(=O)(=O)c1ccccc1. The molecule has 3 aromatic rings. The topological polar surface area (TPSA) is 86.8 Å². The van der Waals surface area contributed by atoms with Crippen molar-refractivity contribution in [1.29, 1.82) is 0 Å². The summed E-state index contributed by atoms with van der Waals surface area (Å²) in [4.78, 5) is 28.3. The first-order valence-electron chi connectivity index (χ1n) is 12.2. The normalized spacial score (nSPS) is 12.2. The van der Waals surface area contributed by atoms with Crippen molar-refractivity contribution >= 4 is 66.7 Å². The number of hydrogen-bond donors (Lipinski definition) is 1. The van der Waals surface area contributed by atoms with Gasteiger partial charge in [-0.2, -0.15) is 0 Å². The van der Waals surface area contributed by atoms with E-state index in [1.807, 2.05) is 13.8 Å². The molecule has 11 heteroatoms. The molecule has 3 aromatic carbocycles. The van der Waals surface area contributed by atoms with Crippen molar-refractivity contribution < 1.29 is 18.0 Å². The lowest BCUT2D eigenvalue weighted by atomic mass is 10.1. The first-order valence-corrected chi connectivity index (χ1v) is 15.2. The standard InChI is InChI=1S/C28H30BrCl2N3O4S/c1-19(2)16-32-28(36)20(3)33(17-21-9-14-25(30)26(31)15-21)27(35)18-34(23-12-10-22(29)11-13-23)39(37,38)24-7-5-4-6-8-24/h4-15,19-20H,16-18H2,1-3H3,(H,32,36)/t20-/m1/s1. The minimum absolute atomic E-state index is 0.0194. The Balaban J connectivity index is 2.01. The summed E-state index contributed by atoms with van der Waals surface area (Å²) in [6, 6.07) is 18.6. The van der Waals surface area contributed by atoms with Crippen molar-refractivity contribution in [2.75, 3.05) is 17.4 Å². The van der Waals surface area contributed by atoms with E-state index in [4.69, 9.17) is 23.2 Å². The molecule has 2 amide bonds. The predicted octanol–water partition coefficient (Wildman–Crippen LogP) is 6.14. The molecule has 0 aliphatic rings. The zero-order chi connectivity index (χ0) is 28.7. The second kappa shape index (κ2) is 13.7. The highest BCUT2D eigenvalue weighted by atomic mass is 79.9. The van der Waals surface area contributed by atoms with E-state index in [-0.39, 0.29) is 23.3 Å². The average Bonchev–Trinajstić information content (AvgIpc) is 2.91. The second-order valence-electron chi connectivity index (χ2n) is 9.39. The minimum atomic E-state index is -4.12. The lowest BCUT2D eigenvalue weighted by molar-refractivity contribution is -0.139. The van der Waals surface area contributed by atoms with Crippen LogP contribution >= 0.6 is 39.1 Å². The van der Waals surface area contributed by atoms with Crippen LogP contribution in [0.2, 0.25) is 10.0 Å². The van der Waals surface area contributed by atoms with Crippen molar-refractivity contribution in [2.45, 2.75) is 38.3 Å². The van der Waals surface area contributed by atoms with Crippen LogP contribution in [0.15, 0.2) is 82.2 Å². The van der Waals surface area contributed by atoms with Crippen LogP contribution in [0.1, 0.15) is 26.3 Å². The molecule has 0 aromatic heterocycles. The van der Waals surface area contributed by atoms with Gasteiger partial charge < -0.3 is 10.2 Å². The van der Waals surface area contributed by atoms with Crippen LogP contribution in [0.25, 0.3) is 0 Å². The van der Waals surface area contributed by atoms with E-state index >= 15 is 0 Å². The molecule has 1 atom stereocenters. The van der Waals surface area contributed by atoms with E-state index in [1.165, 1.54) is 17.0 Å². The van der Waals surface area contributed by atoms with E-state index in [9.17, 15) is 18.0 Å². The Morgan fingerprint density at radius 3 is 2.15 bits per heavy atom. The van der Waals surface area contributed by atoms with E-state index in [2.05, 4.69) is 21.2 Å². The summed E-state index contributed by atoms with van der Waals surface area (Å²) >= 11 is 15.6. The fourth-order valence-corrected chi connectivity index (χ4v) is 5.75. The highest BCUT2D eigenvalue weighted by Crippen LogP contribution is 2.27. The first kappa shape index (κ1) is 30.9. The number of halogens is 3. The van der Waals surface area contributed by atoms with Crippen LogP contribution in [-0.4, -0.2) is 44.3 Å². The third-order valence-electron chi connectivity index (χ3n) is 5.91. The number of hydrogen-bond acceptors (Lipinski definition) is 4. The number of rotatable bonds is 11. The Labute approximate surface area is 248 Å². The van der Waals surface area contributed by atoms with E-state index in [0.29, 0.717) is 27.8 Å². The maximum atomic E-state index is 13.9. The average molecular weight is 655 g/mol. The highest BCUT2D eigenvalue weighted by Gasteiger charge is 2.32. The Morgan fingerprint density at radius 2 is 1.56 bits per heavy atom. The molecule has 0 spiro atoms. The van der Waals surface area contributed by atoms with Crippen LogP contribution < -0.4 is 9.62 Å². The molecular formula is C28H30BrCl2N3O4S. The van der Waals surface area contributed by atoms with Gasteiger partial charge in [-0.05, 0) is 66.9 Å². The Kier molecular flexibility index (Phi) is 10.8. The van der Waals surface area contributed by atoms with Crippen molar-refractivity contribution in [2.24, 2.45) is 5.92 Å². The van der Waals surface area contributed by atoms with Crippen LogP contribution in [-0.2, 0) is 26.2 Å². The van der Waals surface area contributed by atoms with E-state index < -0.39 is 28.5 Å². The molecule has 0 heterocycles. The summed E-state index contributed by atoms with van der Waals surface area (Å²) in [7, 11) is -4.12. The molecule has 7 nitrogen and oxygen atoms in total. The number of sulfonamides is 1. The molecule has 0 fully saturated rings. The van der Waals surface area contributed by atoms with Crippen molar-refractivity contribution in [3.05, 3.63) is 92.9 Å². The van der Waals surface area contributed by atoms with E-state index in [0.717, 1.165) is 8.78 Å². The van der Waals surface area contributed by atoms with Crippen molar-refractivity contribution in [3.63, 3.8) is 0 Å². The van der Waals surface area contributed by atoms with Gasteiger partial charge in [-0.15, -0.1) is 0 Å². The van der Waals surface area contributed by atoms with Crippen molar-refractivity contribution in [1.82, 2.24) is 10.2 Å². The summed E-state index contributed by atoms with van der Waals surface area (Å²) in [6.07, 6.45) is 0. The van der Waals surface area contributed by atoms with Gasteiger partial charge in [0, 0.05) is 17.6 Å². The Hall–Kier alpha value is -2.59. The third kappa shape index (κ3) is 8.20. The maximum Gasteiger partial charge on any atom is 0.264 e. The van der Waals surface area contributed by atoms with Gasteiger partial charge in [-0.25, -0.2) is 8.42 Å². The number of anilines is 1. The lowest BCUT2D eigenvalue weighted by Crippen LogP contribution is -2.51. The van der Waals surface area contributed by atoms with E-state index in [1.54, 1.807) is 67.6 Å². The van der Waals surface area contributed by atoms with Gasteiger partial charge in [-0.3, -0.25) is 13.9 Å². The highest BCUT2D eigenvalue weighted by molar-refractivity contribution is 9.10. The minimum Gasteiger partial charge on any atom is -0.354 e. The van der Waals surface area contributed by atoms with Crippen LogP contribution in [0, 0.1) is 5.92 Å². The zero-order valence-electron chi connectivity index (χ0n) is 21.8. The fraction of sp³-hybridized carbons (Fsp3) is 0.286. The first-order chi connectivity index (χ1) is 18.4. The monoisotopic (exact) mass is 653 g/mol. The predicted molar refractivity (Wildman–Crippen MR) is 159 cm³/mol. The molecule has 0 aliphatic carbocycles. The smallest absolute Gasteiger partial charge is 0.264 e. The molecule has 1 N–H and O–H groups in total. The number of benzene rings is 3. The number of nitrogens with one attached hydrogen (secondary N) is 1. The van der Waals surface area contributed by atoms with Gasteiger partial charge >= 0.3 is 0 Å². The summed E-state index contributed by atoms with van der Waals surface area (Å²) in [5, 5.41) is 3.52. The number of amides is 2. The summed E-state index contributed by atoms with van der Waals surface area (Å²) in [5.41, 5.74) is 0.948. The molecule has 208 valence electrons.